The van der Waals surface area contributed by atoms with E-state index in [4.69, 9.17) is 0 Å². The van der Waals surface area contributed by atoms with Crippen molar-refractivity contribution in [1.29, 1.82) is 0 Å². The van der Waals surface area contributed by atoms with Gasteiger partial charge in [0.25, 0.3) is 0 Å². The van der Waals surface area contributed by atoms with Crippen LogP contribution in [-0.4, -0.2) is 26.2 Å². The quantitative estimate of drug-likeness (QED) is 0.618. The predicted molar refractivity (Wildman–Crippen MR) is 74.3 cm³/mol. The Bertz CT molecular complexity index is 435. The zero-order valence-corrected chi connectivity index (χ0v) is 11.2. The van der Waals surface area contributed by atoms with Crippen LogP contribution in [0.4, 0.5) is 0 Å². The second kappa shape index (κ2) is 9.65. The number of esters is 2. The Labute approximate surface area is 113 Å². The molecule has 0 aliphatic rings. The van der Waals surface area contributed by atoms with Gasteiger partial charge in [0.15, 0.2) is 0 Å². The first-order chi connectivity index (χ1) is 9.04. The van der Waals surface area contributed by atoms with Gasteiger partial charge in [-0.3, -0.25) is 4.79 Å². The molecule has 0 saturated heterocycles. The van der Waals surface area contributed by atoms with Crippen molar-refractivity contribution in [2.24, 2.45) is 0 Å². The molecule has 0 radical (unpaired) electrons. The van der Waals surface area contributed by atoms with Gasteiger partial charge < -0.3 is 9.47 Å². The molecule has 0 spiro atoms. The van der Waals surface area contributed by atoms with Crippen LogP contribution in [0.3, 0.4) is 0 Å². The first-order valence-electron chi connectivity index (χ1n) is 5.55. The minimum atomic E-state index is -0.588. The largest absolute Gasteiger partial charge is 0.469 e. The van der Waals surface area contributed by atoms with E-state index in [1.165, 1.54) is 19.8 Å². The van der Waals surface area contributed by atoms with E-state index in [9.17, 15) is 9.59 Å². The first-order valence-corrected chi connectivity index (χ1v) is 5.55. The average molecular weight is 262 g/mol. The highest BCUT2D eigenvalue weighted by Crippen LogP contribution is 2.00. The van der Waals surface area contributed by atoms with Gasteiger partial charge in [-0.2, -0.15) is 0 Å². The molecule has 0 bridgehead atoms. The summed E-state index contributed by atoms with van der Waals surface area (Å²) in [5.41, 5.74) is 1.27. The van der Waals surface area contributed by atoms with E-state index in [0.717, 1.165) is 0 Å². The number of carbonyl (C=O) groups is 2. The normalized spacial score (nSPS) is 8.53. The lowest BCUT2D eigenvalue weighted by Crippen LogP contribution is -2.09. The summed E-state index contributed by atoms with van der Waals surface area (Å²) in [6, 6.07) is 10.0. The molecule has 1 aromatic rings. The Morgan fingerprint density at radius 2 is 1.74 bits per heavy atom. The molecule has 102 valence electrons. The van der Waals surface area contributed by atoms with Crippen LogP contribution in [-0.2, 0) is 19.1 Å². The second-order valence-electron chi connectivity index (χ2n) is 3.46. The zero-order chi connectivity index (χ0) is 14.7. The smallest absolute Gasteiger partial charge is 0.333 e. The van der Waals surface area contributed by atoms with E-state index in [1.54, 1.807) is 0 Å². The lowest BCUT2D eigenvalue weighted by atomic mass is 10.2. The molecule has 4 heteroatoms. The molecular formula is C15H18O4. The maximum Gasteiger partial charge on any atom is 0.333 e. The van der Waals surface area contributed by atoms with Gasteiger partial charge >= 0.3 is 11.9 Å². The van der Waals surface area contributed by atoms with Gasteiger partial charge in [-0.15, -0.1) is 0 Å². The third kappa shape index (κ3) is 7.54. The van der Waals surface area contributed by atoms with Gasteiger partial charge in [0.2, 0.25) is 0 Å². The SMILES string of the molecule is C=C(CC(=O)OC)C(=O)OC.C=Cc1ccccc1. The van der Waals surface area contributed by atoms with Gasteiger partial charge in [-0.1, -0.05) is 49.6 Å². The molecule has 0 unspecified atom stereocenters. The fourth-order valence-corrected chi connectivity index (χ4v) is 1.05. The van der Waals surface area contributed by atoms with E-state index in [-0.39, 0.29) is 12.0 Å². The standard InChI is InChI=1S/C8H8.C7H10O4/c1-2-8-6-4-3-5-7-8;1-5(7(9)11-3)4-6(8)10-2/h2-7H,1H2;1,4H2,2-3H3. The van der Waals surface area contributed by atoms with Crippen molar-refractivity contribution in [3.8, 4) is 0 Å². The maximum absolute atomic E-state index is 10.6. The van der Waals surface area contributed by atoms with E-state index < -0.39 is 11.9 Å². The molecular weight excluding hydrogens is 244 g/mol. The van der Waals surface area contributed by atoms with E-state index in [1.807, 2.05) is 36.4 Å². The van der Waals surface area contributed by atoms with Crippen LogP contribution < -0.4 is 0 Å². The summed E-state index contributed by atoms with van der Waals surface area (Å²) < 4.78 is 8.62. The number of carbonyl (C=O) groups excluding carboxylic acids is 2. The molecule has 0 aromatic heterocycles. The molecule has 0 aliphatic heterocycles. The van der Waals surface area contributed by atoms with Crippen molar-refractivity contribution >= 4 is 18.0 Å². The van der Waals surface area contributed by atoms with E-state index in [0.29, 0.717) is 0 Å². The Kier molecular flexibility index (Phi) is 8.45. The van der Waals surface area contributed by atoms with Crippen molar-refractivity contribution in [2.45, 2.75) is 6.42 Å². The molecule has 0 heterocycles. The van der Waals surface area contributed by atoms with E-state index in [2.05, 4.69) is 22.6 Å². The molecule has 19 heavy (non-hydrogen) atoms. The fourth-order valence-electron chi connectivity index (χ4n) is 1.05. The topological polar surface area (TPSA) is 52.6 Å². The molecule has 0 amide bonds. The number of rotatable bonds is 4. The van der Waals surface area contributed by atoms with Gasteiger partial charge in [0.1, 0.15) is 0 Å². The number of hydrogen-bond donors (Lipinski definition) is 0. The van der Waals surface area contributed by atoms with Crippen LogP contribution in [0.2, 0.25) is 0 Å². The van der Waals surface area contributed by atoms with Crippen LogP contribution in [0.1, 0.15) is 12.0 Å². The van der Waals surface area contributed by atoms with Gasteiger partial charge in [0.05, 0.1) is 20.6 Å². The summed E-state index contributed by atoms with van der Waals surface area (Å²) in [5.74, 6) is -1.09. The van der Waals surface area contributed by atoms with Gasteiger partial charge in [-0.05, 0) is 5.56 Å². The Morgan fingerprint density at radius 3 is 2.11 bits per heavy atom. The Balaban J connectivity index is 0.000000356. The van der Waals surface area contributed by atoms with Crippen LogP contribution in [0.25, 0.3) is 6.08 Å². The summed E-state index contributed by atoms with van der Waals surface area (Å²) in [4.78, 5) is 21.2. The number of benzene rings is 1. The van der Waals surface area contributed by atoms with Gasteiger partial charge in [0, 0.05) is 5.57 Å². The number of methoxy groups -OCH3 is 2. The van der Waals surface area contributed by atoms with Crippen LogP contribution >= 0.6 is 0 Å². The Morgan fingerprint density at radius 1 is 1.16 bits per heavy atom. The molecule has 0 aliphatic carbocycles. The zero-order valence-electron chi connectivity index (χ0n) is 11.2. The van der Waals surface area contributed by atoms with Crippen molar-refractivity contribution in [2.75, 3.05) is 14.2 Å². The van der Waals surface area contributed by atoms with Crippen molar-refractivity contribution in [1.82, 2.24) is 0 Å². The summed E-state index contributed by atoms with van der Waals surface area (Å²) in [5, 5.41) is 0. The Hall–Kier alpha value is -2.36. The highest BCUT2D eigenvalue weighted by Gasteiger charge is 2.11. The summed E-state index contributed by atoms with van der Waals surface area (Å²) in [7, 11) is 2.47. The molecule has 0 atom stereocenters. The maximum atomic E-state index is 10.6. The fraction of sp³-hybridized carbons (Fsp3) is 0.200. The van der Waals surface area contributed by atoms with Crippen LogP contribution in [0, 0.1) is 0 Å². The lowest BCUT2D eigenvalue weighted by molar-refractivity contribution is -0.143. The first kappa shape index (κ1) is 16.6. The molecule has 0 saturated carbocycles. The lowest BCUT2D eigenvalue weighted by Gasteiger charge is -2.00. The second-order valence-corrected chi connectivity index (χ2v) is 3.46. The number of ether oxygens (including phenoxy) is 2. The summed E-state index contributed by atoms with van der Waals surface area (Å²) in [6.07, 6.45) is 1.71. The highest BCUT2D eigenvalue weighted by molar-refractivity contribution is 5.93. The third-order valence-corrected chi connectivity index (χ3v) is 2.09. The summed E-state index contributed by atoms with van der Waals surface area (Å²) in [6.45, 7) is 6.97. The van der Waals surface area contributed by atoms with Crippen LogP contribution in [0.5, 0.6) is 0 Å². The molecule has 4 nitrogen and oxygen atoms in total. The third-order valence-electron chi connectivity index (χ3n) is 2.09. The predicted octanol–water partition coefficient (Wildman–Crippen LogP) is 2.61. The van der Waals surface area contributed by atoms with Crippen LogP contribution in [0.15, 0.2) is 49.1 Å². The monoisotopic (exact) mass is 262 g/mol. The molecule has 0 fully saturated rings. The summed E-state index contributed by atoms with van der Waals surface area (Å²) >= 11 is 0. The number of hydrogen-bond acceptors (Lipinski definition) is 4. The average Bonchev–Trinajstić information content (AvgIpc) is 2.47. The molecule has 1 rings (SSSR count). The van der Waals surface area contributed by atoms with Crippen molar-refractivity contribution in [3.05, 3.63) is 54.6 Å². The van der Waals surface area contributed by atoms with Gasteiger partial charge in [-0.25, -0.2) is 4.79 Å². The van der Waals surface area contributed by atoms with Crippen molar-refractivity contribution in [3.63, 3.8) is 0 Å². The minimum Gasteiger partial charge on any atom is -0.469 e. The molecule has 1 aromatic carbocycles. The van der Waals surface area contributed by atoms with Crippen molar-refractivity contribution < 1.29 is 19.1 Å². The highest BCUT2D eigenvalue weighted by atomic mass is 16.5. The molecule has 0 N–H and O–H groups in total. The van der Waals surface area contributed by atoms with E-state index >= 15 is 0 Å². The minimum absolute atomic E-state index is 0.0966.